The maximum absolute atomic E-state index is 5.94. The van der Waals surface area contributed by atoms with Crippen LogP contribution in [0.3, 0.4) is 0 Å². The predicted octanol–water partition coefficient (Wildman–Crippen LogP) is 3.00. The maximum Gasteiger partial charge on any atom is 0.0378 e. The van der Waals surface area contributed by atoms with Gasteiger partial charge in [-0.1, -0.05) is 28.9 Å². The molecule has 0 aromatic heterocycles. The van der Waals surface area contributed by atoms with Crippen molar-refractivity contribution in [1.29, 1.82) is 0 Å². The van der Waals surface area contributed by atoms with E-state index < -0.39 is 0 Å². The molecule has 2 N–H and O–H groups in total. The van der Waals surface area contributed by atoms with Crippen LogP contribution in [0.25, 0.3) is 0 Å². The van der Waals surface area contributed by atoms with E-state index in [0.717, 1.165) is 17.6 Å². The molecule has 0 spiro atoms. The van der Waals surface area contributed by atoms with Crippen molar-refractivity contribution in [3.05, 3.63) is 28.2 Å². The van der Waals surface area contributed by atoms with Gasteiger partial charge in [0, 0.05) is 42.4 Å². The summed E-state index contributed by atoms with van der Waals surface area (Å²) in [6.45, 7) is 10.1. The Morgan fingerprint density at radius 3 is 2.47 bits per heavy atom. The van der Waals surface area contributed by atoms with E-state index in [4.69, 9.17) is 5.73 Å². The molecule has 3 nitrogen and oxygen atoms in total. The molecule has 19 heavy (non-hydrogen) atoms. The fourth-order valence-electron chi connectivity index (χ4n) is 2.63. The van der Waals surface area contributed by atoms with Crippen molar-refractivity contribution in [2.75, 3.05) is 37.6 Å². The summed E-state index contributed by atoms with van der Waals surface area (Å²) in [7, 11) is 0. The molecule has 0 amide bonds. The van der Waals surface area contributed by atoms with E-state index in [1.807, 2.05) is 6.92 Å². The van der Waals surface area contributed by atoms with E-state index in [2.05, 4.69) is 50.9 Å². The van der Waals surface area contributed by atoms with E-state index in [0.29, 0.717) is 0 Å². The van der Waals surface area contributed by atoms with E-state index >= 15 is 0 Å². The molecule has 1 atom stereocenters. The molecule has 1 aromatic rings. The summed E-state index contributed by atoms with van der Waals surface area (Å²) in [5, 5.41) is 0. The fourth-order valence-corrected chi connectivity index (χ4v) is 3.36. The zero-order chi connectivity index (χ0) is 13.8. The van der Waals surface area contributed by atoms with Crippen LogP contribution in [0.15, 0.2) is 22.7 Å². The fraction of sp³-hybridized carbons (Fsp3) is 0.600. The average Bonchev–Trinajstić information content (AvgIpc) is 2.39. The first-order chi connectivity index (χ1) is 9.11. The second kappa shape index (κ2) is 6.73. The van der Waals surface area contributed by atoms with E-state index in [9.17, 15) is 0 Å². The Kier molecular flexibility index (Phi) is 5.25. The van der Waals surface area contributed by atoms with Gasteiger partial charge in [0.15, 0.2) is 0 Å². The lowest BCUT2D eigenvalue weighted by molar-refractivity contribution is 0.258. The molecule has 0 aliphatic carbocycles. The molecule has 0 saturated carbocycles. The molecule has 2 rings (SSSR count). The summed E-state index contributed by atoms with van der Waals surface area (Å²) in [6, 6.07) is 6.61. The lowest BCUT2D eigenvalue weighted by Gasteiger charge is -2.36. The van der Waals surface area contributed by atoms with Gasteiger partial charge in [0.25, 0.3) is 0 Å². The Morgan fingerprint density at radius 1 is 1.26 bits per heavy atom. The minimum absolute atomic E-state index is 0.0739. The molecule has 1 aliphatic rings. The summed E-state index contributed by atoms with van der Waals surface area (Å²) in [5.41, 5.74) is 8.42. The third kappa shape index (κ3) is 3.71. The van der Waals surface area contributed by atoms with Gasteiger partial charge in [0.05, 0.1) is 0 Å². The van der Waals surface area contributed by atoms with Gasteiger partial charge in [-0.2, -0.15) is 0 Å². The lowest BCUT2D eigenvalue weighted by atomic mass is 10.1. The Labute approximate surface area is 124 Å². The summed E-state index contributed by atoms with van der Waals surface area (Å²) in [5.74, 6) is 0. The minimum atomic E-state index is 0.0739. The molecule has 0 radical (unpaired) electrons. The van der Waals surface area contributed by atoms with E-state index in [1.165, 1.54) is 37.3 Å². The number of hydrogen-bond donors (Lipinski definition) is 1. The van der Waals surface area contributed by atoms with E-state index in [1.54, 1.807) is 0 Å². The third-order valence-electron chi connectivity index (χ3n) is 3.75. The lowest BCUT2D eigenvalue weighted by Crippen LogP contribution is -2.46. The molecule has 1 aromatic carbocycles. The van der Waals surface area contributed by atoms with Gasteiger partial charge < -0.3 is 10.6 Å². The second-order valence-electron chi connectivity index (χ2n) is 5.32. The van der Waals surface area contributed by atoms with Gasteiger partial charge in [0.1, 0.15) is 0 Å². The highest BCUT2D eigenvalue weighted by Crippen LogP contribution is 2.28. The predicted molar refractivity (Wildman–Crippen MR) is 85.7 cm³/mol. The standard InChI is InChI=1S/C15H24BrN3/c1-3-6-18-7-9-19(10-8-18)13-4-5-14(12(2)17)15(16)11-13/h4-5,11-12H,3,6-10,17H2,1-2H3. The van der Waals surface area contributed by atoms with Crippen molar-refractivity contribution < 1.29 is 0 Å². The highest BCUT2D eigenvalue weighted by Gasteiger charge is 2.17. The van der Waals surface area contributed by atoms with Gasteiger partial charge in [-0.15, -0.1) is 0 Å². The van der Waals surface area contributed by atoms with Gasteiger partial charge >= 0.3 is 0 Å². The normalized spacial score (nSPS) is 18.6. The SMILES string of the molecule is CCCN1CCN(c2ccc(C(C)N)c(Br)c2)CC1. The molecule has 0 bridgehead atoms. The number of nitrogens with two attached hydrogens (primary N) is 1. The van der Waals surface area contributed by atoms with Crippen LogP contribution in [-0.2, 0) is 0 Å². The van der Waals surface area contributed by atoms with Crippen molar-refractivity contribution in [2.45, 2.75) is 26.3 Å². The monoisotopic (exact) mass is 325 g/mol. The zero-order valence-corrected chi connectivity index (χ0v) is 13.5. The first-order valence-electron chi connectivity index (χ1n) is 7.14. The molecule has 1 aliphatic heterocycles. The minimum Gasteiger partial charge on any atom is -0.369 e. The number of rotatable bonds is 4. The number of nitrogens with zero attached hydrogens (tertiary/aromatic N) is 2. The summed E-state index contributed by atoms with van der Waals surface area (Å²) in [4.78, 5) is 5.00. The molecule has 106 valence electrons. The number of anilines is 1. The van der Waals surface area contributed by atoms with Crippen LogP contribution >= 0.6 is 15.9 Å². The van der Waals surface area contributed by atoms with Gasteiger partial charge in [-0.3, -0.25) is 4.90 Å². The molecule has 1 saturated heterocycles. The average molecular weight is 326 g/mol. The van der Waals surface area contributed by atoms with Crippen LogP contribution in [-0.4, -0.2) is 37.6 Å². The smallest absolute Gasteiger partial charge is 0.0378 e. The van der Waals surface area contributed by atoms with Gasteiger partial charge in [0.2, 0.25) is 0 Å². The highest BCUT2D eigenvalue weighted by molar-refractivity contribution is 9.10. The summed E-state index contributed by atoms with van der Waals surface area (Å²) in [6.07, 6.45) is 1.24. The number of piperazine rings is 1. The van der Waals surface area contributed by atoms with Gasteiger partial charge in [-0.25, -0.2) is 0 Å². The quantitative estimate of drug-likeness (QED) is 0.923. The van der Waals surface area contributed by atoms with Crippen LogP contribution in [0.1, 0.15) is 31.9 Å². The Morgan fingerprint density at radius 2 is 1.95 bits per heavy atom. The number of hydrogen-bond acceptors (Lipinski definition) is 3. The van der Waals surface area contributed by atoms with Crippen molar-refractivity contribution in [3.63, 3.8) is 0 Å². The third-order valence-corrected chi connectivity index (χ3v) is 4.44. The highest BCUT2D eigenvalue weighted by atomic mass is 79.9. The van der Waals surface area contributed by atoms with Crippen LogP contribution in [0.2, 0.25) is 0 Å². The largest absolute Gasteiger partial charge is 0.369 e. The molecular weight excluding hydrogens is 302 g/mol. The topological polar surface area (TPSA) is 32.5 Å². The molecule has 4 heteroatoms. The number of benzene rings is 1. The van der Waals surface area contributed by atoms with Crippen molar-refractivity contribution >= 4 is 21.6 Å². The van der Waals surface area contributed by atoms with Gasteiger partial charge in [-0.05, 0) is 37.6 Å². The maximum atomic E-state index is 5.94. The first kappa shape index (κ1) is 14.8. The molecule has 1 heterocycles. The summed E-state index contributed by atoms with van der Waals surface area (Å²) < 4.78 is 1.12. The Bertz CT molecular complexity index is 412. The van der Waals surface area contributed by atoms with Crippen LogP contribution < -0.4 is 10.6 Å². The van der Waals surface area contributed by atoms with E-state index in [-0.39, 0.29) is 6.04 Å². The first-order valence-corrected chi connectivity index (χ1v) is 7.93. The molecule has 1 unspecified atom stereocenters. The van der Waals surface area contributed by atoms with Crippen molar-refractivity contribution in [3.8, 4) is 0 Å². The van der Waals surface area contributed by atoms with Crippen molar-refractivity contribution in [2.24, 2.45) is 5.73 Å². The van der Waals surface area contributed by atoms with Crippen molar-refractivity contribution in [1.82, 2.24) is 4.90 Å². The zero-order valence-electron chi connectivity index (χ0n) is 11.9. The second-order valence-corrected chi connectivity index (χ2v) is 6.18. The molecular formula is C15H24BrN3. The van der Waals surface area contributed by atoms with Crippen LogP contribution in [0, 0.1) is 0 Å². The Balaban J connectivity index is 2.02. The summed E-state index contributed by atoms with van der Waals surface area (Å²) >= 11 is 3.63. The molecule has 1 fully saturated rings. The Hall–Kier alpha value is -0.580. The van der Waals surface area contributed by atoms with Crippen LogP contribution in [0.5, 0.6) is 0 Å². The van der Waals surface area contributed by atoms with Crippen LogP contribution in [0.4, 0.5) is 5.69 Å². The number of halogens is 1.